The minimum Gasteiger partial charge on any atom is -0.463 e. The van der Waals surface area contributed by atoms with Crippen molar-refractivity contribution < 1.29 is 19.1 Å². The summed E-state index contributed by atoms with van der Waals surface area (Å²) in [5.74, 6) is -0.0779. The van der Waals surface area contributed by atoms with Gasteiger partial charge in [-0.15, -0.1) is 0 Å². The molecule has 0 radical (unpaired) electrons. The molecule has 0 aliphatic heterocycles. The minimum absolute atomic E-state index is 0.0577. The van der Waals surface area contributed by atoms with Crippen molar-refractivity contribution in [3.63, 3.8) is 0 Å². The Bertz CT molecular complexity index is 197. The molecular formula is C12H22O4. The quantitative estimate of drug-likeness (QED) is 0.471. The zero-order valence-corrected chi connectivity index (χ0v) is 10.6. The van der Waals surface area contributed by atoms with Gasteiger partial charge in [0.25, 0.3) is 0 Å². The van der Waals surface area contributed by atoms with Crippen LogP contribution in [0.2, 0.25) is 0 Å². The van der Waals surface area contributed by atoms with Crippen LogP contribution in [-0.4, -0.2) is 31.6 Å². The molecule has 0 atom stereocenters. The second kappa shape index (κ2) is 8.28. The van der Waals surface area contributed by atoms with Crippen molar-refractivity contribution in [3.05, 3.63) is 0 Å². The third-order valence-electron chi connectivity index (χ3n) is 2.08. The van der Waals surface area contributed by atoms with Gasteiger partial charge >= 0.3 is 5.97 Å². The molecule has 0 heterocycles. The molecule has 0 fully saturated rings. The third-order valence-corrected chi connectivity index (χ3v) is 2.08. The number of Topliss-reactive ketones (excluding diaryl/α,β-unsaturated/α-hetero) is 1. The van der Waals surface area contributed by atoms with Crippen LogP contribution in [0.4, 0.5) is 0 Å². The number of rotatable bonds is 8. The topological polar surface area (TPSA) is 52.6 Å². The van der Waals surface area contributed by atoms with Gasteiger partial charge in [-0.2, -0.15) is 0 Å². The van der Waals surface area contributed by atoms with Crippen molar-refractivity contribution in [1.29, 1.82) is 0 Å². The average Bonchev–Trinajstić information content (AvgIpc) is 2.21. The number of ether oxygens (including phenoxy) is 2. The number of hydrogen-bond acceptors (Lipinski definition) is 4. The van der Waals surface area contributed by atoms with Crippen LogP contribution in [0.1, 0.15) is 34.1 Å². The summed E-state index contributed by atoms with van der Waals surface area (Å²) in [6, 6.07) is 0. The van der Waals surface area contributed by atoms with E-state index in [2.05, 4.69) is 0 Å². The largest absolute Gasteiger partial charge is 0.463 e. The lowest BCUT2D eigenvalue weighted by Gasteiger charge is -2.08. The first-order valence-electron chi connectivity index (χ1n) is 5.72. The third kappa shape index (κ3) is 7.40. The Kier molecular flexibility index (Phi) is 7.81. The second-order valence-corrected chi connectivity index (χ2v) is 4.31. The molecule has 0 aromatic rings. The van der Waals surface area contributed by atoms with E-state index in [-0.39, 0.29) is 30.2 Å². The Morgan fingerprint density at radius 3 is 2.06 bits per heavy atom. The highest BCUT2D eigenvalue weighted by atomic mass is 16.6. The molecule has 0 aliphatic carbocycles. The summed E-state index contributed by atoms with van der Waals surface area (Å²) in [6.45, 7) is 8.31. The average molecular weight is 230 g/mol. The molecule has 0 aromatic heterocycles. The molecule has 0 unspecified atom stereocenters. The molecular weight excluding hydrogens is 208 g/mol. The maximum Gasteiger partial charge on any atom is 0.308 e. The Morgan fingerprint density at radius 2 is 1.56 bits per heavy atom. The van der Waals surface area contributed by atoms with Gasteiger partial charge in [-0.05, 0) is 0 Å². The predicted octanol–water partition coefficient (Wildman–Crippen LogP) is 1.82. The van der Waals surface area contributed by atoms with Crippen molar-refractivity contribution in [2.24, 2.45) is 11.8 Å². The van der Waals surface area contributed by atoms with Gasteiger partial charge in [-0.3, -0.25) is 9.59 Å². The Balaban J connectivity index is 3.35. The molecule has 0 saturated carbocycles. The van der Waals surface area contributed by atoms with E-state index in [1.54, 1.807) is 13.8 Å². The van der Waals surface area contributed by atoms with Crippen LogP contribution >= 0.6 is 0 Å². The minimum atomic E-state index is -0.221. The Labute approximate surface area is 97.3 Å². The highest BCUT2D eigenvalue weighted by molar-refractivity contribution is 5.80. The van der Waals surface area contributed by atoms with E-state index in [1.165, 1.54) is 0 Å². The first-order valence-corrected chi connectivity index (χ1v) is 5.72. The van der Waals surface area contributed by atoms with E-state index >= 15 is 0 Å². The predicted molar refractivity (Wildman–Crippen MR) is 61.1 cm³/mol. The fourth-order valence-corrected chi connectivity index (χ4v) is 0.931. The van der Waals surface area contributed by atoms with Gasteiger partial charge in [0.15, 0.2) is 0 Å². The smallest absolute Gasteiger partial charge is 0.308 e. The number of hydrogen-bond donors (Lipinski definition) is 0. The molecule has 0 amide bonds. The van der Waals surface area contributed by atoms with Crippen LogP contribution < -0.4 is 0 Å². The second-order valence-electron chi connectivity index (χ2n) is 4.31. The van der Waals surface area contributed by atoms with Crippen LogP contribution in [0.15, 0.2) is 0 Å². The summed E-state index contributed by atoms with van der Waals surface area (Å²) in [4.78, 5) is 22.2. The lowest BCUT2D eigenvalue weighted by molar-refractivity contribution is -0.149. The zero-order chi connectivity index (χ0) is 12.6. The molecule has 0 aromatic carbocycles. The number of carbonyl (C=O) groups excluding carboxylic acids is 2. The van der Waals surface area contributed by atoms with E-state index in [0.29, 0.717) is 19.6 Å². The summed E-state index contributed by atoms with van der Waals surface area (Å²) < 4.78 is 10.1. The fraction of sp³-hybridized carbons (Fsp3) is 0.833. The van der Waals surface area contributed by atoms with Gasteiger partial charge in [0.1, 0.15) is 12.4 Å². The van der Waals surface area contributed by atoms with E-state index in [4.69, 9.17) is 9.47 Å². The van der Waals surface area contributed by atoms with Crippen molar-refractivity contribution >= 4 is 11.8 Å². The van der Waals surface area contributed by atoms with Crippen LogP contribution in [0.5, 0.6) is 0 Å². The lowest BCUT2D eigenvalue weighted by Crippen LogP contribution is -2.16. The first-order chi connectivity index (χ1) is 7.45. The lowest BCUT2D eigenvalue weighted by atomic mass is 10.1. The molecule has 0 aliphatic rings. The van der Waals surface area contributed by atoms with E-state index in [0.717, 1.165) is 0 Å². The molecule has 94 valence electrons. The Hall–Kier alpha value is -0.900. The summed E-state index contributed by atoms with van der Waals surface area (Å²) >= 11 is 0. The van der Waals surface area contributed by atoms with Crippen molar-refractivity contribution in [1.82, 2.24) is 0 Å². The van der Waals surface area contributed by atoms with Gasteiger partial charge in [0, 0.05) is 12.3 Å². The summed E-state index contributed by atoms with van der Waals surface area (Å²) in [5.41, 5.74) is 0. The molecule has 0 bridgehead atoms. The molecule has 0 rings (SSSR count). The fourth-order valence-electron chi connectivity index (χ4n) is 0.931. The molecule has 16 heavy (non-hydrogen) atoms. The first kappa shape index (κ1) is 15.1. The van der Waals surface area contributed by atoms with E-state index in [9.17, 15) is 9.59 Å². The monoisotopic (exact) mass is 230 g/mol. The van der Waals surface area contributed by atoms with Gasteiger partial charge in [-0.1, -0.05) is 27.7 Å². The Morgan fingerprint density at radius 1 is 0.938 bits per heavy atom. The highest BCUT2D eigenvalue weighted by Gasteiger charge is 2.08. The van der Waals surface area contributed by atoms with Gasteiger partial charge < -0.3 is 9.47 Å². The van der Waals surface area contributed by atoms with Crippen molar-refractivity contribution in [3.8, 4) is 0 Å². The van der Waals surface area contributed by atoms with E-state index in [1.807, 2.05) is 13.8 Å². The summed E-state index contributed by atoms with van der Waals surface area (Å²) in [7, 11) is 0. The molecule has 4 heteroatoms. The summed E-state index contributed by atoms with van der Waals surface area (Å²) in [5, 5.41) is 0. The van der Waals surface area contributed by atoms with Gasteiger partial charge in [0.2, 0.25) is 0 Å². The normalized spacial score (nSPS) is 10.9. The van der Waals surface area contributed by atoms with Crippen LogP contribution in [0.25, 0.3) is 0 Å². The highest BCUT2D eigenvalue weighted by Crippen LogP contribution is 1.99. The zero-order valence-electron chi connectivity index (χ0n) is 10.6. The van der Waals surface area contributed by atoms with Gasteiger partial charge in [-0.25, -0.2) is 0 Å². The van der Waals surface area contributed by atoms with Crippen LogP contribution in [-0.2, 0) is 19.1 Å². The number of esters is 1. The van der Waals surface area contributed by atoms with Crippen LogP contribution in [0, 0.1) is 11.8 Å². The molecule has 0 spiro atoms. The maximum atomic E-state index is 11.2. The van der Waals surface area contributed by atoms with Crippen LogP contribution in [0.3, 0.4) is 0 Å². The van der Waals surface area contributed by atoms with Crippen molar-refractivity contribution in [2.45, 2.75) is 34.1 Å². The summed E-state index contributed by atoms with van der Waals surface area (Å²) in [6.07, 6.45) is 0.426. The SMILES string of the molecule is CC(C)C(=O)CCOCCOC(=O)C(C)C. The number of carbonyl (C=O) groups is 2. The number of ketones is 1. The maximum absolute atomic E-state index is 11.2. The molecule has 4 nitrogen and oxygen atoms in total. The molecule has 0 saturated heterocycles. The molecule has 0 N–H and O–H groups in total. The van der Waals surface area contributed by atoms with Crippen molar-refractivity contribution in [2.75, 3.05) is 19.8 Å². The van der Waals surface area contributed by atoms with E-state index < -0.39 is 0 Å². The van der Waals surface area contributed by atoms with Gasteiger partial charge in [0.05, 0.1) is 19.1 Å². The standard InChI is InChI=1S/C12H22O4/c1-9(2)11(13)5-6-15-7-8-16-12(14)10(3)4/h9-10H,5-8H2,1-4H3.